The number of aromatic nitrogens is 1. The molecule has 0 amide bonds. The number of pyridine rings is 1. The Balaban J connectivity index is 0.00000300. The van der Waals surface area contributed by atoms with Crippen LogP contribution < -0.4 is 10.6 Å². The zero-order chi connectivity index (χ0) is 19.4. The standard InChI is InChI=1S/C23H33N5.HI/c1-2-24-23(27-16-9-8-15-26-22-12-6-7-14-25-22)28-17-13-21(19-28)18-20-10-4-3-5-11-20;/h3-7,10-12,14,21H,2,8-9,13,15-19H2,1H3,(H,24,27)(H,25,26);1H. The van der Waals surface area contributed by atoms with Gasteiger partial charge in [-0.15, -0.1) is 24.0 Å². The molecule has 29 heavy (non-hydrogen) atoms. The van der Waals surface area contributed by atoms with E-state index in [4.69, 9.17) is 4.99 Å². The predicted molar refractivity (Wildman–Crippen MR) is 133 cm³/mol. The van der Waals surface area contributed by atoms with E-state index in [1.54, 1.807) is 0 Å². The number of benzene rings is 1. The zero-order valence-corrected chi connectivity index (χ0v) is 19.7. The lowest BCUT2D eigenvalue weighted by Gasteiger charge is -2.21. The van der Waals surface area contributed by atoms with Crippen LogP contribution in [0.5, 0.6) is 0 Å². The minimum atomic E-state index is 0. The maximum atomic E-state index is 4.87. The van der Waals surface area contributed by atoms with Crippen LogP contribution in [0.25, 0.3) is 0 Å². The van der Waals surface area contributed by atoms with Gasteiger partial charge in [0, 0.05) is 38.9 Å². The average Bonchev–Trinajstić information content (AvgIpc) is 3.19. The number of guanidine groups is 1. The van der Waals surface area contributed by atoms with Gasteiger partial charge in [0.05, 0.1) is 0 Å². The molecular weight excluding hydrogens is 473 g/mol. The Labute approximate surface area is 192 Å². The molecule has 6 heteroatoms. The molecule has 1 fully saturated rings. The molecule has 158 valence electrons. The lowest BCUT2D eigenvalue weighted by atomic mass is 9.99. The number of nitrogens with one attached hydrogen (secondary N) is 2. The molecule has 0 bridgehead atoms. The summed E-state index contributed by atoms with van der Waals surface area (Å²) in [6.07, 6.45) is 6.39. The average molecular weight is 507 g/mol. The minimum absolute atomic E-state index is 0. The van der Waals surface area contributed by atoms with Crippen LogP contribution in [0.1, 0.15) is 31.7 Å². The Morgan fingerprint density at radius 1 is 1.14 bits per heavy atom. The zero-order valence-electron chi connectivity index (χ0n) is 17.4. The number of hydrogen-bond donors (Lipinski definition) is 2. The van der Waals surface area contributed by atoms with Crippen molar-refractivity contribution in [2.75, 3.05) is 38.0 Å². The highest BCUT2D eigenvalue weighted by Gasteiger charge is 2.24. The first-order valence-corrected chi connectivity index (χ1v) is 10.6. The molecule has 1 aliphatic heterocycles. The first kappa shape index (κ1) is 23.4. The largest absolute Gasteiger partial charge is 0.370 e. The fourth-order valence-electron chi connectivity index (χ4n) is 3.67. The summed E-state index contributed by atoms with van der Waals surface area (Å²) < 4.78 is 0. The van der Waals surface area contributed by atoms with Crippen LogP contribution in [-0.4, -0.2) is 48.6 Å². The number of halogens is 1. The van der Waals surface area contributed by atoms with Crippen molar-refractivity contribution >= 4 is 35.8 Å². The summed E-state index contributed by atoms with van der Waals surface area (Å²) in [5, 5.41) is 6.83. The second-order valence-electron chi connectivity index (χ2n) is 7.37. The van der Waals surface area contributed by atoms with E-state index < -0.39 is 0 Å². The van der Waals surface area contributed by atoms with E-state index in [0.717, 1.165) is 63.8 Å². The van der Waals surface area contributed by atoms with Gasteiger partial charge in [-0.25, -0.2) is 4.98 Å². The van der Waals surface area contributed by atoms with Crippen molar-refractivity contribution in [1.29, 1.82) is 0 Å². The number of rotatable bonds is 9. The highest BCUT2D eigenvalue weighted by Crippen LogP contribution is 2.21. The van der Waals surface area contributed by atoms with Crippen molar-refractivity contribution in [2.45, 2.75) is 32.6 Å². The van der Waals surface area contributed by atoms with Crippen LogP contribution in [0.4, 0.5) is 5.82 Å². The Morgan fingerprint density at radius 2 is 1.97 bits per heavy atom. The lowest BCUT2D eigenvalue weighted by Crippen LogP contribution is -2.40. The molecular formula is C23H34IN5. The molecule has 1 unspecified atom stereocenters. The summed E-state index contributed by atoms with van der Waals surface area (Å²) in [6.45, 7) is 7.06. The normalized spacial score (nSPS) is 16.4. The van der Waals surface area contributed by atoms with Crippen LogP contribution in [0.15, 0.2) is 59.7 Å². The van der Waals surface area contributed by atoms with E-state index in [2.05, 4.69) is 57.8 Å². The van der Waals surface area contributed by atoms with E-state index >= 15 is 0 Å². The number of unbranched alkanes of at least 4 members (excludes halogenated alkanes) is 1. The molecule has 0 radical (unpaired) electrons. The Bertz CT molecular complexity index is 708. The molecule has 0 aliphatic carbocycles. The quantitative estimate of drug-likeness (QED) is 0.228. The second-order valence-corrected chi connectivity index (χ2v) is 7.37. The van der Waals surface area contributed by atoms with Gasteiger partial charge in [0.1, 0.15) is 5.82 Å². The second kappa shape index (κ2) is 13.4. The molecule has 2 aromatic rings. The molecule has 1 aromatic heterocycles. The molecule has 2 N–H and O–H groups in total. The van der Waals surface area contributed by atoms with Gasteiger partial charge in [0.2, 0.25) is 0 Å². The van der Waals surface area contributed by atoms with Crippen LogP contribution in [0.2, 0.25) is 0 Å². The van der Waals surface area contributed by atoms with Gasteiger partial charge in [-0.05, 0) is 56.2 Å². The summed E-state index contributed by atoms with van der Waals surface area (Å²) in [7, 11) is 0. The van der Waals surface area contributed by atoms with Gasteiger partial charge < -0.3 is 15.5 Å². The maximum Gasteiger partial charge on any atom is 0.193 e. The van der Waals surface area contributed by atoms with E-state index in [1.165, 1.54) is 12.0 Å². The fraction of sp³-hybridized carbons (Fsp3) is 0.478. The third kappa shape index (κ3) is 8.20. The first-order valence-electron chi connectivity index (χ1n) is 10.6. The molecule has 1 aliphatic rings. The third-order valence-corrected chi connectivity index (χ3v) is 5.10. The van der Waals surface area contributed by atoms with Gasteiger partial charge in [-0.1, -0.05) is 36.4 Å². The fourth-order valence-corrected chi connectivity index (χ4v) is 3.67. The Kier molecular flexibility index (Phi) is 10.8. The summed E-state index contributed by atoms with van der Waals surface area (Å²) in [5.74, 6) is 2.74. The number of nitrogens with zero attached hydrogens (tertiary/aromatic N) is 3. The number of hydrogen-bond acceptors (Lipinski definition) is 3. The van der Waals surface area contributed by atoms with Crippen LogP contribution in [0, 0.1) is 5.92 Å². The summed E-state index contributed by atoms with van der Waals surface area (Å²) in [6, 6.07) is 16.8. The van der Waals surface area contributed by atoms with Gasteiger partial charge in [0.15, 0.2) is 5.96 Å². The molecule has 2 heterocycles. The van der Waals surface area contributed by atoms with Gasteiger partial charge in [0.25, 0.3) is 0 Å². The summed E-state index contributed by atoms with van der Waals surface area (Å²) >= 11 is 0. The molecule has 0 spiro atoms. The number of anilines is 1. The Morgan fingerprint density at radius 3 is 2.72 bits per heavy atom. The van der Waals surface area contributed by atoms with Gasteiger partial charge in [-0.3, -0.25) is 4.99 Å². The third-order valence-electron chi connectivity index (χ3n) is 5.10. The van der Waals surface area contributed by atoms with Gasteiger partial charge in [-0.2, -0.15) is 0 Å². The van der Waals surface area contributed by atoms with Crippen LogP contribution >= 0.6 is 24.0 Å². The minimum Gasteiger partial charge on any atom is -0.370 e. The highest BCUT2D eigenvalue weighted by molar-refractivity contribution is 14.0. The summed E-state index contributed by atoms with van der Waals surface area (Å²) in [4.78, 5) is 11.6. The molecule has 1 saturated heterocycles. The topological polar surface area (TPSA) is 52.6 Å². The Hall–Kier alpha value is -1.83. The van der Waals surface area contributed by atoms with E-state index in [9.17, 15) is 0 Å². The van der Waals surface area contributed by atoms with Crippen molar-refractivity contribution in [2.24, 2.45) is 10.9 Å². The van der Waals surface area contributed by atoms with Crippen molar-refractivity contribution in [3.8, 4) is 0 Å². The van der Waals surface area contributed by atoms with Crippen molar-refractivity contribution in [3.05, 3.63) is 60.3 Å². The van der Waals surface area contributed by atoms with Crippen molar-refractivity contribution in [3.63, 3.8) is 0 Å². The van der Waals surface area contributed by atoms with Gasteiger partial charge >= 0.3 is 0 Å². The van der Waals surface area contributed by atoms with Crippen LogP contribution in [0.3, 0.4) is 0 Å². The number of aliphatic imine (C=N–C) groups is 1. The van der Waals surface area contributed by atoms with Crippen LogP contribution in [-0.2, 0) is 6.42 Å². The molecule has 1 aromatic carbocycles. The monoisotopic (exact) mass is 507 g/mol. The number of likely N-dealkylation sites (tertiary alicyclic amines) is 1. The van der Waals surface area contributed by atoms with E-state index in [0.29, 0.717) is 5.92 Å². The molecule has 1 atom stereocenters. The highest BCUT2D eigenvalue weighted by atomic mass is 127. The lowest BCUT2D eigenvalue weighted by molar-refractivity contribution is 0.459. The van der Waals surface area contributed by atoms with Crippen molar-refractivity contribution in [1.82, 2.24) is 15.2 Å². The summed E-state index contributed by atoms with van der Waals surface area (Å²) in [5.41, 5.74) is 1.44. The molecule has 3 rings (SSSR count). The SMILES string of the molecule is CCNC(=NCCCCNc1ccccn1)N1CCC(Cc2ccccc2)C1.I. The molecule has 5 nitrogen and oxygen atoms in total. The first-order chi connectivity index (χ1) is 13.8. The maximum absolute atomic E-state index is 4.87. The smallest absolute Gasteiger partial charge is 0.193 e. The molecule has 0 saturated carbocycles. The van der Waals surface area contributed by atoms with E-state index in [-0.39, 0.29) is 24.0 Å². The predicted octanol–water partition coefficient (Wildman–Crippen LogP) is 4.42. The van der Waals surface area contributed by atoms with E-state index in [1.807, 2.05) is 24.4 Å². The van der Waals surface area contributed by atoms with Crippen molar-refractivity contribution < 1.29 is 0 Å².